The van der Waals surface area contributed by atoms with Crippen LogP contribution in [0.5, 0.6) is 0 Å². The molecule has 0 aliphatic heterocycles. The Morgan fingerprint density at radius 2 is 2.14 bits per heavy atom. The van der Waals surface area contributed by atoms with Gasteiger partial charge < -0.3 is 5.32 Å². The Morgan fingerprint density at radius 3 is 2.82 bits per heavy atom. The van der Waals surface area contributed by atoms with Gasteiger partial charge in [-0.2, -0.15) is 0 Å². The molecule has 0 unspecified atom stereocenters. The number of amides is 1. The van der Waals surface area contributed by atoms with E-state index in [1.54, 1.807) is 0 Å². The van der Waals surface area contributed by atoms with Gasteiger partial charge in [-0.05, 0) is 29.6 Å². The number of H-pyrrole nitrogens is 1. The number of anilines is 1. The summed E-state index contributed by atoms with van der Waals surface area (Å²) in [6.07, 6.45) is 0. The molecule has 3 aromatic rings. The van der Waals surface area contributed by atoms with E-state index in [2.05, 4.69) is 20.5 Å². The zero-order valence-corrected chi connectivity index (χ0v) is 18.0. The highest BCUT2D eigenvalue weighted by Gasteiger charge is 2.19. The third-order valence-electron chi connectivity index (χ3n) is 3.54. The molecule has 0 spiro atoms. The lowest BCUT2D eigenvalue weighted by Gasteiger charge is -2.13. The van der Waals surface area contributed by atoms with Gasteiger partial charge in [-0.15, -0.1) is 16.4 Å². The molecule has 0 fully saturated rings. The van der Waals surface area contributed by atoms with Crippen LogP contribution < -0.4 is 5.32 Å². The van der Waals surface area contributed by atoms with Crippen molar-refractivity contribution < 1.29 is 13.2 Å². The number of carbonyl (C=O) groups is 1. The fraction of sp³-hybridized carbons (Fsp3) is 0.188. The maximum Gasteiger partial charge on any atom is 0.242 e. The van der Waals surface area contributed by atoms with Crippen LogP contribution in [0, 0.1) is 0 Å². The van der Waals surface area contributed by atoms with Crippen molar-refractivity contribution in [3.05, 3.63) is 40.7 Å². The number of nitrogens with one attached hydrogen (secondary N) is 2. The number of thiophene rings is 1. The molecule has 0 bridgehead atoms. The zero-order valence-electron chi connectivity index (χ0n) is 14.8. The van der Waals surface area contributed by atoms with Crippen molar-refractivity contribution in [2.75, 3.05) is 25.2 Å². The Morgan fingerprint density at radius 1 is 1.36 bits per heavy atom. The van der Waals surface area contributed by atoms with Gasteiger partial charge in [-0.3, -0.25) is 9.89 Å². The van der Waals surface area contributed by atoms with Crippen molar-refractivity contribution in [3.8, 4) is 10.7 Å². The molecule has 2 N–H and O–H groups in total. The quantitative estimate of drug-likeness (QED) is 0.527. The highest BCUT2D eigenvalue weighted by Crippen LogP contribution is 2.27. The van der Waals surface area contributed by atoms with Gasteiger partial charge >= 0.3 is 0 Å². The highest BCUT2D eigenvalue weighted by molar-refractivity contribution is 7.99. The Hall–Kier alpha value is -1.92. The number of rotatable bonds is 7. The van der Waals surface area contributed by atoms with E-state index in [0.717, 1.165) is 20.9 Å². The van der Waals surface area contributed by atoms with Gasteiger partial charge in [-0.25, -0.2) is 17.7 Å². The van der Waals surface area contributed by atoms with Crippen LogP contribution in [-0.4, -0.2) is 53.7 Å². The van der Waals surface area contributed by atoms with Crippen LogP contribution in [-0.2, 0) is 14.8 Å². The molecule has 0 saturated carbocycles. The Balaban J connectivity index is 1.65. The average Bonchev–Trinajstić information content (AvgIpc) is 3.33. The molecular formula is C16H16ClN5O3S3. The first kappa shape index (κ1) is 20.8. The first-order valence-electron chi connectivity index (χ1n) is 7.88. The van der Waals surface area contributed by atoms with E-state index in [-0.39, 0.29) is 27.3 Å². The molecule has 148 valence electrons. The van der Waals surface area contributed by atoms with Gasteiger partial charge in [0.1, 0.15) is 0 Å². The number of aromatic nitrogens is 3. The van der Waals surface area contributed by atoms with Crippen molar-refractivity contribution in [3.63, 3.8) is 0 Å². The Bertz CT molecular complexity index is 1080. The minimum Gasteiger partial charge on any atom is -0.324 e. The van der Waals surface area contributed by atoms with Gasteiger partial charge in [0.2, 0.25) is 21.1 Å². The molecule has 3 rings (SSSR count). The molecule has 1 aromatic carbocycles. The topological polar surface area (TPSA) is 108 Å². The summed E-state index contributed by atoms with van der Waals surface area (Å²) < 4.78 is 25.6. The molecule has 2 aromatic heterocycles. The van der Waals surface area contributed by atoms with Crippen molar-refractivity contribution in [1.82, 2.24) is 19.5 Å². The van der Waals surface area contributed by atoms with E-state index in [1.165, 1.54) is 43.6 Å². The second-order valence-electron chi connectivity index (χ2n) is 5.71. The van der Waals surface area contributed by atoms with Gasteiger partial charge in [-0.1, -0.05) is 29.4 Å². The summed E-state index contributed by atoms with van der Waals surface area (Å²) in [6.45, 7) is 0. The number of benzene rings is 1. The summed E-state index contributed by atoms with van der Waals surface area (Å²) in [4.78, 5) is 17.6. The van der Waals surface area contributed by atoms with Crippen molar-refractivity contribution in [1.29, 1.82) is 0 Å². The number of thioether (sulfide) groups is 1. The molecule has 2 heterocycles. The molecule has 8 nitrogen and oxygen atoms in total. The number of halogens is 1. The lowest BCUT2D eigenvalue weighted by molar-refractivity contribution is -0.113. The van der Waals surface area contributed by atoms with Crippen LogP contribution in [0.15, 0.2) is 45.8 Å². The minimum absolute atomic E-state index is 0.0411. The molecule has 0 saturated heterocycles. The lowest BCUT2D eigenvalue weighted by Crippen LogP contribution is -2.22. The standard InChI is InChI=1S/C16H16ClN5O3S3/c1-22(2)28(24,25)10-5-6-11(17)12(8-10)18-14(23)9-27-16-19-15(20-21-16)13-4-3-7-26-13/h3-8H,9H2,1-2H3,(H,18,23)(H,19,20,21). The molecule has 0 aliphatic rings. The van der Waals surface area contributed by atoms with Gasteiger partial charge in [0.05, 0.1) is 26.2 Å². The van der Waals surface area contributed by atoms with Crippen molar-refractivity contribution in [2.45, 2.75) is 10.1 Å². The molecule has 28 heavy (non-hydrogen) atoms. The first-order valence-corrected chi connectivity index (χ1v) is 11.6. The van der Waals surface area contributed by atoms with Crippen LogP contribution in [0.3, 0.4) is 0 Å². The average molecular weight is 458 g/mol. The van der Waals surface area contributed by atoms with Crippen molar-refractivity contribution >= 4 is 56.3 Å². The maximum atomic E-state index is 12.3. The number of aromatic amines is 1. The second-order valence-corrected chi connectivity index (χ2v) is 10.2. The number of hydrogen-bond donors (Lipinski definition) is 2. The summed E-state index contributed by atoms with van der Waals surface area (Å²) in [5, 5.41) is 12.2. The van der Waals surface area contributed by atoms with E-state index < -0.39 is 10.0 Å². The highest BCUT2D eigenvalue weighted by atomic mass is 35.5. The molecule has 0 radical (unpaired) electrons. The predicted molar refractivity (Wildman–Crippen MR) is 111 cm³/mol. The normalized spacial score (nSPS) is 11.7. The van der Waals surface area contributed by atoms with Gasteiger partial charge in [0, 0.05) is 14.1 Å². The van der Waals surface area contributed by atoms with Crippen LogP contribution in [0.4, 0.5) is 5.69 Å². The van der Waals surface area contributed by atoms with E-state index >= 15 is 0 Å². The maximum absolute atomic E-state index is 12.3. The van der Waals surface area contributed by atoms with E-state index in [4.69, 9.17) is 11.6 Å². The third-order valence-corrected chi connectivity index (χ3v) is 7.41. The molecule has 0 atom stereocenters. The summed E-state index contributed by atoms with van der Waals surface area (Å²) in [5.74, 6) is 0.333. The summed E-state index contributed by atoms with van der Waals surface area (Å²) in [5.41, 5.74) is 0.226. The Kier molecular flexibility index (Phi) is 6.40. The van der Waals surface area contributed by atoms with Crippen LogP contribution in [0.1, 0.15) is 0 Å². The molecular weight excluding hydrogens is 442 g/mol. The largest absolute Gasteiger partial charge is 0.324 e. The van der Waals surface area contributed by atoms with E-state index in [9.17, 15) is 13.2 Å². The fourth-order valence-electron chi connectivity index (χ4n) is 2.12. The van der Waals surface area contributed by atoms with E-state index in [0.29, 0.717) is 11.0 Å². The monoisotopic (exact) mass is 457 g/mol. The molecule has 12 heteroatoms. The van der Waals surface area contributed by atoms with Gasteiger partial charge in [0.25, 0.3) is 0 Å². The number of sulfonamides is 1. The Labute approximate surface area is 175 Å². The third kappa shape index (κ3) is 4.73. The first-order chi connectivity index (χ1) is 13.3. The number of nitrogens with zero attached hydrogens (tertiary/aromatic N) is 3. The lowest BCUT2D eigenvalue weighted by atomic mass is 10.3. The molecule has 0 aliphatic carbocycles. The van der Waals surface area contributed by atoms with Crippen LogP contribution in [0.25, 0.3) is 10.7 Å². The minimum atomic E-state index is -3.63. The summed E-state index contributed by atoms with van der Waals surface area (Å²) in [7, 11) is -0.770. The zero-order chi connectivity index (χ0) is 20.3. The fourth-order valence-corrected chi connectivity index (χ4v) is 4.48. The van der Waals surface area contributed by atoms with E-state index in [1.807, 2.05) is 17.5 Å². The summed E-state index contributed by atoms with van der Waals surface area (Å²) in [6, 6.07) is 7.99. The molecule has 1 amide bonds. The number of hydrogen-bond acceptors (Lipinski definition) is 7. The van der Waals surface area contributed by atoms with Crippen LogP contribution in [0.2, 0.25) is 5.02 Å². The number of carbonyl (C=O) groups excluding carboxylic acids is 1. The second kappa shape index (κ2) is 8.62. The smallest absolute Gasteiger partial charge is 0.242 e. The van der Waals surface area contributed by atoms with Crippen LogP contribution >= 0.6 is 34.7 Å². The van der Waals surface area contributed by atoms with Gasteiger partial charge in [0.15, 0.2) is 5.82 Å². The van der Waals surface area contributed by atoms with Crippen molar-refractivity contribution in [2.24, 2.45) is 0 Å². The SMILES string of the molecule is CN(C)S(=O)(=O)c1ccc(Cl)c(NC(=O)CSc2n[nH]c(-c3cccs3)n2)c1. The summed E-state index contributed by atoms with van der Waals surface area (Å²) >= 11 is 8.78. The predicted octanol–water partition coefficient (Wildman–Crippen LogP) is 3.17.